The van der Waals surface area contributed by atoms with Crippen LogP contribution in [-0.2, 0) is 9.53 Å². The van der Waals surface area contributed by atoms with Gasteiger partial charge in [0.05, 0.1) is 5.41 Å². The van der Waals surface area contributed by atoms with Crippen LogP contribution >= 0.6 is 0 Å². The van der Waals surface area contributed by atoms with Crippen LogP contribution in [0.4, 0.5) is 0 Å². The predicted molar refractivity (Wildman–Crippen MR) is 72.9 cm³/mol. The molecule has 17 heavy (non-hydrogen) atoms. The van der Waals surface area contributed by atoms with Crippen LogP contribution in [0, 0.1) is 11.3 Å². The van der Waals surface area contributed by atoms with Crippen LogP contribution in [0.25, 0.3) is 0 Å². The first-order chi connectivity index (χ1) is 7.60. The van der Waals surface area contributed by atoms with E-state index in [4.69, 9.17) is 4.74 Å². The van der Waals surface area contributed by atoms with E-state index in [1.54, 1.807) is 0 Å². The summed E-state index contributed by atoms with van der Waals surface area (Å²) in [6.45, 7) is 14.4. The van der Waals surface area contributed by atoms with Crippen LogP contribution in [0.1, 0.15) is 74.1 Å². The monoisotopic (exact) mass is 242 g/mol. The smallest absolute Gasteiger partial charge is 0.312 e. The number of ether oxygens (including phenoxy) is 1. The lowest BCUT2D eigenvalue weighted by Gasteiger charge is -2.30. The van der Waals surface area contributed by atoms with Crippen molar-refractivity contribution in [1.29, 1.82) is 0 Å². The van der Waals surface area contributed by atoms with Gasteiger partial charge in [-0.3, -0.25) is 4.79 Å². The van der Waals surface area contributed by atoms with Gasteiger partial charge in [0.1, 0.15) is 5.60 Å². The Labute approximate surface area is 107 Å². The summed E-state index contributed by atoms with van der Waals surface area (Å²) in [5.74, 6) is 0.642. The highest BCUT2D eigenvalue weighted by Gasteiger charge is 2.32. The highest BCUT2D eigenvalue weighted by atomic mass is 16.6. The molecule has 0 bridgehead atoms. The molecule has 2 heteroatoms. The third-order valence-corrected chi connectivity index (χ3v) is 3.37. The summed E-state index contributed by atoms with van der Waals surface area (Å²) in [6, 6.07) is 0. The van der Waals surface area contributed by atoms with E-state index < -0.39 is 0 Å². The molecule has 0 aliphatic carbocycles. The maximum atomic E-state index is 12.0. The Kier molecular flexibility index (Phi) is 6.22. The van der Waals surface area contributed by atoms with Gasteiger partial charge >= 0.3 is 5.97 Å². The summed E-state index contributed by atoms with van der Waals surface area (Å²) in [7, 11) is 0. The van der Waals surface area contributed by atoms with Crippen molar-refractivity contribution in [2.75, 3.05) is 0 Å². The average Bonchev–Trinajstić information content (AvgIpc) is 2.15. The number of carbonyl (C=O) groups is 1. The summed E-state index contributed by atoms with van der Waals surface area (Å²) in [4.78, 5) is 12.0. The maximum absolute atomic E-state index is 12.0. The molecule has 0 heterocycles. The predicted octanol–water partition coefficient (Wildman–Crippen LogP) is 4.57. The topological polar surface area (TPSA) is 26.3 Å². The lowest BCUT2D eigenvalue weighted by molar-refractivity contribution is -0.168. The molecule has 0 unspecified atom stereocenters. The number of esters is 1. The minimum absolute atomic E-state index is 0.0745. The minimum Gasteiger partial charge on any atom is -0.459 e. The summed E-state index contributed by atoms with van der Waals surface area (Å²) in [5, 5.41) is 0. The molecule has 2 nitrogen and oxygen atoms in total. The second-order valence-corrected chi connectivity index (χ2v) is 6.67. The molecule has 0 spiro atoms. The second kappa shape index (κ2) is 6.42. The van der Waals surface area contributed by atoms with Gasteiger partial charge in [0, 0.05) is 0 Å². The second-order valence-electron chi connectivity index (χ2n) is 6.67. The zero-order valence-corrected chi connectivity index (χ0v) is 12.7. The summed E-state index contributed by atoms with van der Waals surface area (Å²) < 4.78 is 5.64. The zero-order valence-electron chi connectivity index (χ0n) is 12.7. The fourth-order valence-electron chi connectivity index (χ4n) is 1.52. The largest absolute Gasteiger partial charge is 0.459 e. The van der Waals surface area contributed by atoms with E-state index in [9.17, 15) is 4.79 Å². The van der Waals surface area contributed by atoms with Gasteiger partial charge in [-0.2, -0.15) is 0 Å². The maximum Gasteiger partial charge on any atom is 0.312 e. The van der Waals surface area contributed by atoms with Gasteiger partial charge < -0.3 is 4.74 Å². The molecular weight excluding hydrogens is 212 g/mol. The molecule has 0 radical (unpaired) electrons. The highest BCUT2D eigenvalue weighted by Crippen LogP contribution is 2.27. The Morgan fingerprint density at radius 1 is 1.18 bits per heavy atom. The first-order valence-electron chi connectivity index (χ1n) is 6.84. The van der Waals surface area contributed by atoms with Crippen LogP contribution in [-0.4, -0.2) is 11.6 Å². The van der Waals surface area contributed by atoms with Crippen LogP contribution < -0.4 is 0 Å². The molecule has 0 aromatic carbocycles. The van der Waals surface area contributed by atoms with Crippen LogP contribution in [0.5, 0.6) is 0 Å². The minimum atomic E-state index is -0.366. The lowest BCUT2D eigenvalue weighted by atomic mass is 9.90. The molecule has 0 atom stereocenters. The van der Waals surface area contributed by atoms with Crippen molar-refractivity contribution < 1.29 is 9.53 Å². The van der Waals surface area contributed by atoms with E-state index >= 15 is 0 Å². The molecule has 0 N–H and O–H groups in total. The van der Waals surface area contributed by atoms with Crippen molar-refractivity contribution in [3.63, 3.8) is 0 Å². The van der Waals surface area contributed by atoms with Gasteiger partial charge in [-0.1, -0.05) is 27.2 Å². The third-order valence-electron chi connectivity index (χ3n) is 3.37. The van der Waals surface area contributed by atoms with Crippen LogP contribution in [0.2, 0.25) is 0 Å². The van der Waals surface area contributed by atoms with Crippen LogP contribution in [0.15, 0.2) is 0 Å². The molecule has 102 valence electrons. The fourth-order valence-corrected chi connectivity index (χ4v) is 1.52. The molecule has 0 aliphatic heterocycles. The molecule has 0 amide bonds. The van der Waals surface area contributed by atoms with Gasteiger partial charge in [0.2, 0.25) is 0 Å². The summed E-state index contributed by atoms with van der Waals surface area (Å²) >= 11 is 0. The number of hydrogen-bond acceptors (Lipinski definition) is 2. The molecule has 0 aliphatic rings. The van der Waals surface area contributed by atoms with Crippen molar-refractivity contribution in [3.05, 3.63) is 0 Å². The molecule has 0 saturated carbocycles. The number of carbonyl (C=O) groups excluding carboxylic acids is 1. The van der Waals surface area contributed by atoms with Crippen molar-refractivity contribution >= 4 is 5.97 Å². The average molecular weight is 242 g/mol. The van der Waals surface area contributed by atoms with Crippen molar-refractivity contribution in [2.45, 2.75) is 79.8 Å². The van der Waals surface area contributed by atoms with E-state index in [0.29, 0.717) is 5.92 Å². The molecule has 0 aromatic heterocycles. The van der Waals surface area contributed by atoms with E-state index in [1.807, 2.05) is 34.6 Å². The molecule has 0 fully saturated rings. The van der Waals surface area contributed by atoms with E-state index in [1.165, 1.54) is 6.42 Å². The first kappa shape index (κ1) is 16.5. The van der Waals surface area contributed by atoms with Gasteiger partial charge in [0.25, 0.3) is 0 Å². The Bertz CT molecular complexity index is 239. The lowest BCUT2D eigenvalue weighted by Crippen LogP contribution is -2.35. The Balaban J connectivity index is 4.20. The van der Waals surface area contributed by atoms with Crippen molar-refractivity contribution in [1.82, 2.24) is 0 Å². The van der Waals surface area contributed by atoms with E-state index in [2.05, 4.69) is 13.8 Å². The molecule has 0 saturated heterocycles. The Hall–Kier alpha value is -0.530. The normalized spacial score (nSPS) is 12.9. The van der Waals surface area contributed by atoms with Crippen molar-refractivity contribution in [2.24, 2.45) is 11.3 Å². The van der Waals surface area contributed by atoms with Crippen molar-refractivity contribution in [3.8, 4) is 0 Å². The Morgan fingerprint density at radius 2 is 1.71 bits per heavy atom. The summed E-state index contributed by atoms with van der Waals surface area (Å²) in [6.07, 6.45) is 4.06. The van der Waals surface area contributed by atoms with Crippen LogP contribution in [0.3, 0.4) is 0 Å². The molecule has 0 rings (SSSR count). The van der Waals surface area contributed by atoms with Gasteiger partial charge in [0.15, 0.2) is 0 Å². The van der Waals surface area contributed by atoms with E-state index in [-0.39, 0.29) is 17.0 Å². The first-order valence-corrected chi connectivity index (χ1v) is 6.84. The summed E-state index contributed by atoms with van der Waals surface area (Å²) in [5.41, 5.74) is -0.701. The van der Waals surface area contributed by atoms with Gasteiger partial charge in [-0.15, -0.1) is 0 Å². The molecule has 0 aromatic rings. The zero-order chi connectivity index (χ0) is 13.7. The number of hydrogen-bond donors (Lipinski definition) is 0. The van der Waals surface area contributed by atoms with E-state index in [0.717, 1.165) is 19.3 Å². The fraction of sp³-hybridized carbons (Fsp3) is 0.933. The quantitative estimate of drug-likeness (QED) is 0.611. The number of rotatable bonds is 7. The SMILES string of the molecule is CCC(C)(C)C(=O)OC(C)(C)CCCC(C)C. The molecular formula is C15H30O2. The standard InChI is InChI=1S/C15H30O2/c1-8-14(4,5)13(16)17-15(6,7)11-9-10-12(2)3/h12H,8-11H2,1-7H3. The Morgan fingerprint density at radius 3 is 2.12 bits per heavy atom. The third kappa shape index (κ3) is 6.70. The van der Waals surface area contributed by atoms with Gasteiger partial charge in [-0.05, 0) is 52.9 Å². The highest BCUT2D eigenvalue weighted by molar-refractivity contribution is 5.76. The van der Waals surface area contributed by atoms with Gasteiger partial charge in [-0.25, -0.2) is 0 Å².